The monoisotopic (exact) mass is 120 g/mol. The SMILES string of the molecule is [B]C(CC(C)C)=C1CC1. The van der Waals surface area contributed by atoms with E-state index in [9.17, 15) is 0 Å². The van der Waals surface area contributed by atoms with E-state index < -0.39 is 0 Å². The number of allylic oxidation sites excluding steroid dienone is 2. The van der Waals surface area contributed by atoms with Crippen LogP contribution in [0.1, 0.15) is 33.1 Å². The minimum Gasteiger partial charge on any atom is -0.118 e. The first-order chi connectivity index (χ1) is 4.20. The van der Waals surface area contributed by atoms with E-state index in [1.807, 2.05) is 0 Å². The van der Waals surface area contributed by atoms with Crippen molar-refractivity contribution in [1.29, 1.82) is 0 Å². The lowest BCUT2D eigenvalue weighted by Crippen LogP contribution is -1.90. The van der Waals surface area contributed by atoms with Gasteiger partial charge in [-0.1, -0.05) is 19.4 Å². The topological polar surface area (TPSA) is 0 Å². The van der Waals surface area contributed by atoms with Crippen molar-refractivity contribution < 1.29 is 0 Å². The molecule has 0 atom stereocenters. The Morgan fingerprint density at radius 2 is 2.11 bits per heavy atom. The maximum atomic E-state index is 5.76. The van der Waals surface area contributed by atoms with Crippen LogP contribution in [0.2, 0.25) is 0 Å². The van der Waals surface area contributed by atoms with Crippen molar-refractivity contribution >= 4 is 7.85 Å². The van der Waals surface area contributed by atoms with Crippen LogP contribution in [0.15, 0.2) is 11.0 Å². The van der Waals surface area contributed by atoms with Crippen LogP contribution in [0.3, 0.4) is 0 Å². The van der Waals surface area contributed by atoms with E-state index in [2.05, 4.69) is 13.8 Å². The van der Waals surface area contributed by atoms with Crippen LogP contribution in [0.4, 0.5) is 0 Å². The molecule has 0 aromatic rings. The van der Waals surface area contributed by atoms with Crippen LogP contribution in [0.25, 0.3) is 0 Å². The van der Waals surface area contributed by atoms with Crippen LogP contribution >= 0.6 is 0 Å². The highest BCUT2D eigenvalue weighted by Crippen LogP contribution is 2.32. The number of rotatable bonds is 2. The fraction of sp³-hybridized carbons (Fsp3) is 0.750. The summed E-state index contributed by atoms with van der Waals surface area (Å²) in [5, 5.41) is 0. The number of hydrogen-bond donors (Lipinski definition) is 0. The van der Waals surface area contributed by atoms with E-state index in [4.69, 9.17) is 7.85 Å². The molecule has 48 valence electrons. The lowest BCUT2D eigenvalue weighted by molar-refractivity contribution is 0.656. The molecule has 1 rings (SSSR count). The molecule has 9 heavy (non-hydrogen) atoms. The molecule has 0 aromatic carbocycles. The lowest BCUT2D eigenvalue weighted by Gasteiger charge is -2.03. The molecule has 1 fully saturated rings. The van der Waals surface area contributed by atoms with Crippen molar-refractivity contribution in [1.82, 2.24) is 0 Å². The van der Waals surface area contributed by atoms with Crippen molar-refractivity contribution in [2.45, 2.75) is 33.1 Å². The van der Waals surface area contributed by atoms with Gasteiger partial charge in [-0.25, -0.2) is 0 Å². The summed E-state index contributed by atoms with van der Waals surface area (Å²) in [4.78, 5) is 0. The Kier molecular flexibility index (Phi) is 1.99. The second kappa shape index (κ2) is 2.59. The van der Waals surface area contributed by atoms with Crippen molar-refractivity contribution in [3.8, 4) is 0 Å². The quantitative estimate of drug-likeness (QED) is 0.490. The molecule has 0 unspecified atom stereocenters. The largest absolute Gasteiger partial charge is 0.118 e. The standard InChI is InChI=1S/C8H13B/c1-6(2)5-8(9)7-3-4-7/h6H,3-5H2,1-2H3. The molecule has 0 heterocycles. The normalized spacial score (nSPS) is 16.6. The smallest absolute Gasteiger partial charge is 0.107 e. The molecule has 1 saturated carbocycles. The Morgan fingerprint density at radius 1 is 1.56 bits per heavy atom. The minimum absolute atomic E-state index is 0.720. The molecule has 0 aliphatic heterocycles. The first-order valence-corrected chi connectivity index (χ1v) is 3.66. The molecule has 0 aromatic heterocycles. The molecule has 1 aliphatic carbocycles. The predicted molar refractivity (Wildman–Crippen MR) is 41.5 cm³/mol. The van der Waals surface area contributed by atoms with Gasteiger partial charge in [-0.05, 0) is 25.2 Å². The van der Waals surface area contributed by atoms with E-state index in [1.165, 1.54) is 18.4 Å². The fourth-order valence-corrected chi connectivity index (χ4v) is 0.968. The third kappa shape index (κ3) is 2.25. The van der Waals surface area contributed by atoms with E-state index in [-0.39, 0.29) is 0 Å². The summed E-state index contributed by atoms with van der Waals surface area (Å²) in [5.41, 5.74) is 2.66. The zero-order chi connectivity index (χ0) is 6.85. The average Bonchev–Trinajstić information content (AvgIpc) is 2.40. The third-order valence-corrected chi connectivity index (χ3v) is 1.58. The van der Waals surface area contributed by atoms with Gasteiger partial charge in [0, 0.05) is 0 Å². The molecule has 0 saturated heterocycles. The summed E-state index contributed by atoms with van der Waals surface area (Å²) in [5.74, 6) is 0.720. The first kappa shape index (κ1) is 6.92. The summed E-state index contributed by atoms with van der Waals surface area (Å²) >= 11 is 0. The van der Waals surface area contributed by atoms with Gasteiger partial charge in [0.25, 0.3) is 0 Å². The van der Waals surface area contributed by atoms with Crippen molar-refractivity contribution in [2.75, 3.05) is 0 Å². The predicted octanol–water partition coefficient (Wildman–Crippen LogP) is 2.25. The van der Waals surface area contributed by atoms with E-state index in [1.54, 1.807) is 0 Å². The van der Waals surface area contributed by atoms with Crippen LogP contribution in [-0.4, -0.2) is 7.85 Å². The van der Waals surface area contributed by atoms with Crippen LogP contribution in [-0.2, 0) is 0 Å². The highest BCUT2D eigenvalue weighted by Gasteiger charge is 2.13. The summed E-state index contributed by atoms with van der Waals surface area (Å²) < 4.78 is 0. The Balaban J connectivity index is 2.35. The molecule has 0 spiro atoms. The summed E-state index contributed by atoms with van der Waals surface area (Å²) in [7, 11) is 5.76. The van der Waals surface area contributed by atoms with Crippen molar-refractivity contribution in [3.05, 3.63) is 11.0 Å². The Morgan fingerprint density at radius 3 is 2.44 bits per heavy atom. The lowest BCUT2D eigenvalue weighted by atomic mass is 9.87. The molecular weight excluding hydrogens is 107 g/mol. The summed E-state index contributed by atoms with van der Waals surface area (Å²) in [6.07, 6.45) is 3.62. The third-order valence-electron chi connectivity index (χ3n) is 1.58. The van der Waals surface area contributed by atoms with Gasteiger partial charge in [0.2, 0.25) is 0 Å². The molecule has 2 radical (unpaired) electrons. The zero-order valence-electron chi connectivity index (χ0n) is 6.28. The van der Waals surface area contributed by atoms with Crippen LogP contribution in [0, 0.1) is 5.92 Å². The molecular formula is C8H13B. The zero-order valence-corrected chi connectivity index (χ0v) is 6.28. The van der Waals surface area contributed by atoms with E-state index in [0.29, 0.717) is 0 Å². The molecule has 1 heteroatoms. The highest BCUT2D eigenvalue weighted by atomic mass is 14.2. The minimum atomic E-state index is 0.720. The van der Waals surface area contributed by atoms with Gasteiger partial charge in [0.15, 0.2) is 0 Å². The van der Waals surface area contributed by atoms with Gasteiger partial charge in [0.05, 0.1) is 0 Å². The first-order valence-electron chi connectivity index (χ1n) is 3.66. The van der Waals surface area contributed by atoms with Gasteiger partial charge >= 0.3 is 0 Å². The second-order valence-electron chi connectivity index (χ2n) is 3.23. The molecule has 0 bridgehead atoms. The number of hydrogen-bond acceptors (Lipinski definition) is 0. The fourth-order valence-electron chi connectivity index (χ4n) is 0.968. The van der Waals surface area contributed by atoms with Gasteiger partial charge in [-0.3, -0.25) is 0 Å². The van der Waals surface area contributed by atoms with Gasteiger partial charge in [-0.15, -0.1) is 5.47 Å². The van der Waals surface area contributed by atoms with E-state index in [0.717, 1.165) is 17.8 Å². The summed E-state index contributed by atoms with van der Waals surface area (Å²) in [6, 6.07) is 0. The Labute approximate surface area is 58.8 Å². The Bertz CT molecular complexity index is 128. The molecule has 0 N–H and O–H groups in total. The second-order valence-corrected chi connectivity index (χ2v) is 3.23. The van der Waals surface area contributed by atoms with Gasteiger partial charge in [0.1, 0.15) is 7.85 Å². The van der Waals surface area contributed by atoms with Crippen molar-refractivity contribution in [3.63, 3.8) is 0 Å². The molecule has 0 nitrogen and oxygen atoms in total. The molecule has 0 amide bonds. The van der Waals surface area contributed by atoms with Crippen LogP contribution in [0.5, 0.6) is 0 Å². The van der Waals surface area contributed by atoms with Crippen LogP contribution < -0.4 is 0 Å². The van der Waals surface area contributed by atoms with Gasteiger partial charge < -0.3 is 0 Å². The average molecular weight is 120 g/mol. The molecule has 1 aliphatic rings. The van der Waals surface area contributed by atoms with Crippen molar-refractivity contribution in [2.24, 2.45) is 5.92 Å². The highest BCUT2D eigenvalue weighted by molar-refractivity contribution is 6.22. The maximum Gasteiger partial charge on any atom is 0.107 e. The van der Waals surface area contributed by atoms with Gasteiger partial charge in [-0.2, -0.15) is 0 Å². The maximum absolute atomic E-state index is 5.76. The Hall–Kier alpha value is -0.195. The summed E-state index contributed by atoms with van der Waals surface area (Å²) in [6.45, 7) is 4.41. The van der Waals surface area contributed by atoms with E-state index >= 15 is 0 Å².